The molecule has 2 aromatic carbocycles. The van der Waals surface area contributed by atoms with Crippen LogP contribution in [0.2, 0.25) is 5.02 Å². The van der Waals surface area contributed by atoms with Gasteiger partial charge in [0.25, 0.3) is 0 Å². The van der Waals surface area contributed by atoms with Crippen LogP contribution in [-0.2, 0) is 0 Å². The number of methoxy groups -OCH3 is 1. The Balaban J connectivity index is 1.90. The summed E-state index contributed by atoms with van der Waals surface area (Å²) in [6, 6.07) is 15.3. The van der Waals surface area contributed by atoms with Gasteiger partial charge >= 0.3 is 0 Å². The van der Waals surface area contributed by atoms with E-state index in [2.05, 4.69) is 12.2 Å². The smallest absolute Gasteiger partial charge is 0.118 e. The van der Waals surface area contributed by atoms with E-state index in [0.717, 1.165) is 21.9 Å². The van der Waals surface area contributed by atoms with E-state index in [1.54, 1.807) is 7.11 Å². The number of hydrogen-bond acceptors (Lipinski definition) is 3. The topological polar surface area (TPSA) is 41.5 Å². The highest BCUT2D eigenvalue weighted by atomic mass is 35.5. The summed E-state index contributed by atoms with van der Waals surface area (Å²) in [4.78, 5) is 0. The molecule has 1 unspecified atom stereocenters. The average Bonchev–Trinajstić information content (AvgIpc) is 2.53. The number of hydrogen-bond donors (Lipinski definition) is 2. The van der Waals surface area contributed by atoms with E-state index in [1.165, 1.54) is 0 Å². The van der Waals surface area contributed by atoms with Crippen molar-refractivity contribution in [3.63, 3.8) is 0 Å². The molecule has 2 rings (SSSR count). The number of rotatable bonds is 6. The minimum absolute atomic E-state index is 0.148. The fourth-order valence-corrected chi connectivity index (χ4v) is 2.23. The molecular weight excluding hydrogens is 286 g/mol. The van der Waals surface area contributed by atoms with Crippen molar-refractivity contribution in [2.45, 2.75) is 19.1 Å². The van der Waals surface area contributed by atoms with Crippen LogP contribution in [0.4, 0.5) is 0 Å². The average molecular weight is 306 g/mol. The Kier molecular flexibility index (Phi) is 5.62. The maximum Gasteiger partial charge on any atom is 0.118 e. The van der Waals surface area contributed by atoms with Crippen molar-refractivity contribution in [2.24, 2.45) is 0 Å². The second-order valence-corrected chi connectivity index (χ2v) is 5.41. The molecule has 0 heterocycles. The fourth-order valence-electron chi connectivity index (χ4n) is 2.10. The second-order valence-electron chi connectivity index (χ2n) is 4.97. The zero-order chi connectivity index (χ0) is 15.2. The molecular formula is C17H20ClNO2. The van der Waals surface area contributed by atoms with Crippen molar-refractivity contribution in [1.82, 2.24) is 5.32 Å². The number of benzene rings is 2. The van der Waals surface area contributed by atoms with Gasteiger partial charge in [-0.3, -0.25) is 0 Å². The molecule has 3 nitrogen and oxygen atoms in total. The minimum atomic E-state index is -0.550. The van der Waals surface area contributed by atoms with Crippen molar-refractivity contribution in [1.29, 1.82) is 0 Å². The van der Waals surface area contributed by atoms with Gasteiger partial charge in [0, 0.05) is 17.6 Å². The van der Waals surface area contributed by atoms with Crippen LogP contribution in [-0.4, -0.2) is 18.8 Å². The van der Waals surface area contributed by atoms with Crippen LogP contribution in [0.1, 0.15) is 30.2 Å². The predicted molar refractivity (Wildman–Crippen MR) is 85.8 cm³/mol. The molecule has 0 saturated carbocycles. The van der Waals surface area contributed by atoms with Crippen LogP contribution in [0.15, 0.2) is 48.5 Å². The number of nitrogens with one attached hydrogen (secondary N) is 1. The van der Waals surface area contributed by atoms with E-state index in [-0.39, 0.29) is 6.04 Å². The van der Waals surface area contributed by atoms with Gasteiger partial charge < -0.3 is 15.2 Å². The number of ether oxygens (including phenoxy) is 1. The summed E-state index contributed by atoms with van der Waals surface area (Å²) in [5.74, 6) is 0.786. The monoisotopic (exact) mass is 305 g/mol. The first kappa shape index (κ1) is 15.8. The molecule has 2 N–H and O–H groups in total. The predicted octanol–water partition coefficient (Wildman–Crippen LogP) is 3.73. The van der Waals surface area contributed by atoms with Crippen LogP contribution < -0.4 is 10.1 Å². The van der Waals surface area contributed by atoms with Gasteiger partial charge in [0.2, 0.25) is 0 Å². The molecule has 0 fully saturated rings. The summed E-state index contributed by atoms with van der Waals surface area (Å²) in [6.45, 7) is 2.54. The van der Waals surface area contributed by atoms with Crippen LogP contribution in [0, 0.1) is 0 Å². The SMILES string of the molecule is COc1ccc(C(O)CN[C@@H](C)c2ccc(Cl)cc2)cc1. The van der Waals surface area contributed by atoms with Gasteiger partial charge in [-0.1, -0.05) is 35.9 Å². The lowest BCUT2D eigenvalue weighted by Crippen LogP contribution is -2.24. The van der Waals surface area contributed by atoms with Crippen molar-refractivity contribution in [3.05, 3.63) is 64.7 Å². The first-order valence-corrected chi connectivity index (χ1v) is 7.29. The van der Waals surface area contributed by atoms with E-state index >= 15 is 0 Å². The molecule has 0 radical (unpaired) electrons. The summed E-state index contributed by atoms with van der Waals surface area (Å²) in [6.07, 6.45) is -0.550. The van der Waals surface area contributed by atoms with Crippen molar-refractivity contribution >= 4 is 11.6 Å². The van der Waals surface area contributed by atoms with Crippen molar-refractivity contribution < 1.29 is 9.84 Å². The standard InChI is InChI=1S/C17H20ClNO2/c1-12(13-3-7-15(18)8-4-13)19-11-17(20)14-5-9-16(21-2)10-6-14/h3-10,12,17,19-20H,11H2,1-2H3/t12-,17?/m0/s1. The number of aliphatic hydroxyl groups excluding tert-OH is 1. The lowest BCUT2D eigenvalue weighted by Gasteiger charge is -2.18. The summed E-state index contributed by atoms with van der Waals surface area (Å²) in [5.41, 5.74) is 2.01. The Morgan fingerprint density at radius 1 is 1.05 bits per heavy atom. The summed E-state index contributed by atoms with van der Waals surface area (Å²) in [5, 5.41) is 14.2. The highest BCUT2D eigenvalue weighted by molar-refractivity contribution is 6.30. The van der Waals surface area contributed by atoms with Crippen molar-refractivity contribution in [2.75, 3.05) is 13.7 Å². The number of aliphatic hydroxyl groups is 1. The maximum absolute atomic E-state index is 10.2. The molecule has 4 heteroatoms. The Morgan fingerprint density at radius 2 is 1.62 bits per heavy atom. The van der Waals surface area contributed by atoms with Gasteiger partial charge in [-0.25, -0.2) is 0 Å². The van der Waals surface area contributed by atoms with Gasteiger partial charge in [-0.2, -0.15) is 0 Å². The first-order valence-electron chi connectivity index (χ1n) is 6.91. The van der Waals surface area contributed by atoms with Crippen LogP contribution >= 0.6 is 11.6 Å². The zero-order valence-electron chi connectivity index (χ0n) is 12.2. The second kappa shape index (κ2) is 7.46. The molecule has 2 aromatic rings. The summed E-state index contributed by atoms with van der Waals surface area (Å²) >= 11 is 5.88. The van der Waals surface area contributed by atoms with Gasteiger partial charge in [-0.05, 0) is 42.3 Å². The molecule has 0 bridgehead atoms. The lowest BCUT2D eigenvalue weighted by atomic mass is 10.1. The molecule has 0 amide bonds. The van der Waals surface area contributed by atoms with E-state index in [1.807, 2.05) is 48.5 Å². The largest absolute Gasteiger partial charge is 0.497 e. The van der Waals surface area contributed by atoms with Gasteiger partial charge in [0.1, 0.15) is 5.75 Å². The lowest BCUT2D eigenvalue weighted by molar-refractivity contribution is 0.170. The molecule has 0 spiro atoms. The molecule has 0 aromatic heterocycles. The fraction of sp³-hybridized carbons (Fsp3) is 0.294. The molecule has 0 aliphatic heterocycles. The Bertz CT molecular complexity index is 554. The quantitative estimate of drug-likeness (QED) is 0.854. The molecule has 21 heavy (non-hydrogen) atoms. The molecule has 0 aliphatic carbocycles. The molecule has 0 aliphatic rings. The highest BCUT2D eigenvalue weighted by Gasteiger charge is 2.10. The van der Waals surface area contributed by atoms with E-state index in [4.69, 9.17) is 16.3 Å². The molecule has 0 saturated heterocycles. The first-order chi connectivity index (χ1) is 10.1. The zero-order valence-corrected chi connectivity index (χ0v) is 13.0. The van der Waals surface area contributed by atoms with Crippen molar-refractivity contribution in [3.8, 4) is 5.75 Å². The van der Waals surface area contributed by atoms with Crippen LogP contribution in [0.25, 0.3) is 0 Å². The summed E-state index contributed by atoms with van der Waals surface area (Å²) < 4.78 is 5.11. The van der Waals surface area contributed by atoms with E-state index in [0.29, 0.717) is 6.54 Å². The third kappa shape index (κ3) is 4.46. The molecule has 2 atom stereocenters. The third-order valence-electron chi connectivity index (χ3n) is 3.49. The van der Waals surface area contributed by atoms with Gasteiger partial charge in [-0.15, -0.1) is 0 Å². The van der Waals surface area contributed by atoms with Gasteiger partial charge in [0.15, 0.2) is 0 Å². The maximum atomic E-state index is 10.2. The third-order valence-corrected chi connectivity index (χ3v) is 3.74. The van der Waals surface area contributed by atoms with Crippen LogP contribution in [0.3, 0.4) is 0 Å². The Labute approximate surface area is 130 Å². The number of halogens is 1. The van der Waals surface area contributed by atoms with E-state index < -0.39 is 6.10 Å². The summed E-state index contributed by atoms with van der Waals surface area (Å²) in [7, 11) is 1.63. The Hall–Kier alpha value is -1.55. The Morgan fingerprint density at radius 3 is 2.19 bits per heavy atom. The van der Waals surface area contributed by atoms with Gasteiger partial charge in [0.05, 0.1) is 13.2 Å². The normalized spacial score (nSPS) is 13.7. The van der Waals surface area contributed by atoms with Crippen LogP contribution in [0.5, 0.6) is 5.75 Å². The molecule has 112 valence electrons. The minimum Gasteiger partial charge on any atom is -0.497 e. The van der Waals surface area contributed by atoms with E-state index in [9.17, 15) is 5.11 Å². The highest BCUT2D eigenvalue weighted by Crippen LogP contribution is 2.19.